The van der Waals surface area contributed by atoms with Crippen LogP contribution in [0, 0.1) is 11.6 Å². The summed E-state index contributed by atoms with van der Waals surface area (Å²) in [6, 6.07) is 5.22. The number of sulfone groups is 1. The molecule has 20 heavy (non-hydrogen) atoms. The summed E-state index contributed by atoms with van der Waals surface area (Å²) in [6.07, 6.45) is 0. The van der Waals surface area contributed by atoms with E-state index in [9.17, 15) is 22.0 Å². The van der Waals surface area contributed by atoms with Crippen LogP contribution >= 0.6 is 27.3 Å². The van der Waals surface area contributed by atoms with Gasteiger partial charge in [0.2, 0.25) is 0 Å². The third-order valence-electron chi connectivity index (χ3n) is 2.40. The molecule has 1 aromatic heterocycles. The van der Waals surface area contributed by atoms with Crippen LogP contribution in [-0.2, 0) is 9.84 Å². The molecule has 0 radical (unpaired) electrons. The number of ketones is 1. The number of Topliss-reactive ketones (excluding diaryl/α,β-unsaturated/α-hetero) is 1. The van der Waals surface area contributed by atoms with Crippen molar-refractivity contribution in [3.05, 3.63) is 50.6 Å². The van der Waals surface area contributed by atoms with E-state index >= 15 is 0 Å². The lowest BCUT2D eigenvalue weighted by Gasteiger charge is -2.04. The standard InChI is InChI=1S/C12H7BrF2O3S2/c13-12-4-2-10(19-12)9(16)6-20(17,18)11-3-1-7(14)5-8(11)15/h1-5H,6H2. The number of carbonyl (C=O) groups is 1. The van der Waals surface area contributed by atoms with Crippen LogP contribution in [0.4, 0.5) is 8.78 Å². The number of halogens is 3. The highest BCUT2D eigenvalue weighted by Gasteiger charge is 2.24. The Hall–Kier alpha value is -1.12. The molecule has 0 amide bonds. The zero-order valence-electron chi connectivity index (χ0n) is 9.77. The van der Waals surface area contributed by atoms with Crippen molar-refractivity contribution in [1.82, 2.24) is 0 Å². The second-order valence-electron chi connectivity index (χ2n) is 3.86. The number of carbonyl (C=O) groups excluding carboxylic acids is 1. The maximum Gasteiger partial charge on any atom is 0.188 e. The molecule has 2 rings (SSSR count). The van der Waals surface area contributed by atoms with E-state index in [4.69, 9.17) is 0 Å². The van der Waals surface area contributed by atoms with E-state index < -0.39 is 37.9 Å². The van der Waals surface area contributed by atoms with E-state index in [1.807, 2.05) is 0 Å². The van der Waals surface area contributed by atoms with E-state index in [2.05, 4.69) is 15.9 Å². The smallest absolute Gasteiger partial charge is 0.188 e. The van der Waals surface area contributed by atoms with Crippen molar-refractivity contribution >= 4 is 42.9 Å². The van der Waals surface area contributed by atoms with E-state index in [1.54, 1.807) is 6.07 Å². The number of benzene rings is 1. The van der Waals surface area contributed by atoms with Gasteiger partial charge >= 0.3 is 0 Å². The Balaban J connectivity index is 2.29. The van der Waals surface area contributed by atoms with Crippen LogP contribution in [0.3, 0.4) is 0 Å². The molecule has 2 aromatic rings. The molecule has 106 valence electrons. The minimum atomic E-state index is -4.15. The second-order valence-corrected chi connectivity index (χ2v) is 8.28. The van der Waals surface area contributed by atoms with Crippen LogP contribution in [0.1, 0.15) is 9.67 Å². The summed E-state index contributed by atoms with van der Waals surface area (Å²) >= 11 is 4.25. The molecule has 0 unspecified atom stereocenters. The Morgan fingerprint density at radius 1 is 1.20 bits per heavy atom. The SMILES string of the molecule is O=C(CS(=O)(=O)c1ccc(F)cc1F)c1ccc(Br)s1. The molecule has 0 atom stereocenters. The Morgan fingerprint density at radius 3 is 2.45 bits per heavy atom. The zero-order valence-corrected chi connectivity index (χ0v) is 13.0. The molecule has 0 fully saturated rings. The summed E-state index contributed by atoms with van der Waals surface area (Å²) in [5.41, 5.74) is 0. The molecular formula is C12H7BrF2O3S2. The molecule has 0 bridgehead atoms. The van der Waals surface area contributed by atoms with Crippen molar-refractivity contribution in [3.63, 3.8) is 0 Å². The molecule has 1 heterocycles. The molecule has 0 N–H and O–H groups in total. The van der Waals surface area contributed by atoms with Gasteiger partial charge in [0.05, 0.1) is 8.66 Å². The molecular weight excluding hydrogens is 374 g/mol. The highest BCUT2D eigenvalue weighted by Crippen LogP contribution is 2.24. The molecule has 0 saturated heterocycles. The van der Waals surface area contributed by atoms with Gasteiger partial charge in [0.1, 0.15) is 22.3 Å². The molecule has 0 spiro atoms. The van der Waals surface area contributed by atoms with Gasteiger partial charge in [-0.25, -0.2) is 17.2 Å². The lowest BCUT2D eigenvalue weighted by molar-refractivity contribution is 0.102. The maximum absolute atomic E-state index is 13.5. The Labute approximate surface area is 126 Å². The number of hydrogen-bond donors (Lipinski definition) is 0. The summed E-state index contributed by atoms with van der Waals surface area (Å²) in [5.74, 6) is -3.58. The number of hydrogen-bond acceptors (Lipinski definition) is 4. The van der Waals surface area contributed by atoms with E-state index in [1.165, 1.54) is 6.07 Å². The van der Waals surface area contributed by atoms with Crippen molar-refractivity contribution in [2.24, 2.45) is 0 Å². The van der Waals surface area contributed by atoms with Crippen molar-refractivity contribution in [1.29, 1.82) is 0 Å². The first-order chi connectivity index (χ1) is 9.29. The molecule has 0 saturated carbocycles. The lowest BCUT2D eigenvalue weighted by atomic mass is 10.3. The topological polar surface area (TPSA) is 51.2 Å². The summed E-state index contributed by atoms with van der Waals surface area (Å²) in [7, 11) is -4.15. The van der Waals surface area contributed by atoms with Crippen molar-refractivity contribution < 1.29 is 22.0 Å². The molecule has 0 aliphatic heterocycles. The molecule has 1 aromatic carbocycles. The fourth-order valence-electron chi connectivity index (χ4n) is 1.51. The van der Waals surface area contributed by atoms with Gasteiger partial charge in [-0.05, 0) is 40.2 Å². The van der Waals surface area contributed by atoms with E-state index in [0.717, 1.165) is 23.5 Å². The number of rotatable bonds is 4. The summed E-state index contributed by atoms with van der Waals surface area (Å²) < 4.78 is 50.8. The van der Waals surface area contributed by atoms with Crippen LogP contribution in [-0.4, -0.2) is 20.0 Å². The van der Waals surface area contributed by atoms with Crippen molar-refractivity contribution in [2.75, 3.05) is 5.75 Å². The Kier molecular flexibility index (Phi) is 4.36. The first-order valence-electron chi connectivity index (χ1n) is 5.26. The highest BCUT2D eigenvalue weighted by atomic mass is 79.9. The highest BCUT2D eigenvalue weighted by molar-refractivity contribution is 9.11. The Morgan fingerprint density at radius 2 is 1.90 bits per heavy atom. The average Bonchev–Trinajstić information content (AvgIpc) is 2.74. The van der Waals surface area contributed by atoms with Gasteiger partial charge < -0.3 is 0 Å². The largest absolute Gasteiger partial charge is 0.292 e. The summed E-state index contributed by atoms with van der Waals surface area (Å²) in [4.78, 5) is 11.4. The van der Waals surface area contributed by atoms with Crippen LogP contribution in [0.15, 0.2) is 39.0 Å². The van der Waals surface area contributed by atoms with E-state index in [0.29, 0.717) is 9.85 Å². The predicted octanol–water partition coefficient (Wildman–Crippen LogP) is 3.45. The van der Waals surface area contributed by atoms with Crippen LogP contribution in [0.5, 0.6) is 0 Å². The summed E-state index contributed by atoms with van der Waals surface area (Å²) in [6.45, 7) is 0. The van der Waals surface area contributed by atoms with Gasteiger partial charge in [-0.1, -0.05) is 0 Å². The quantitative estimate of drug-likeness (QED) is 0.602. The monoisotopic (exact) mass is 380 g/mol. The predicted molar refractivity (Wildman–Crippen MR) is 74.8 cm³/mol. The second kappa shape index (κ2) is 5.71. The Bertz CT molecular complexity index is 769. The van der Waals surface area contributed by atoms with Gasteiger partial charge in [-0.15, -0.1) is 11.3 Å². The minimum Gasteiger partial charge on any atom is -0.292 e. The zero-order chi connectivity index (χ0) is 14.9. The molecule has 3 nitrogen and oxygen atoms in total. The van der Waals surface area contributed by atoms with Gasteiger partial charge in [0.15, 0.2) is 15.6 Å². The van der Waals surface area contributed by atoms with Crippen LogP contribution in [0.2, 0.25) is 0 Å². The molecule has 0 aliphatic carbocycles. The van der Waals surface area contributed by atoms with Gasteiger partial charge in [0.25, 0.3) is 0 Å². The van der Waals surface area contributed by atoms with Gasteiger partial charge in [-0.3, -0.25) is 4.79 Å². The van der Waals surface area contributed by atoms with Gasteiger partial charge in [-0.2, -0.15) is 0 Å². The summed E-state index contributed by atoms with van der Waals surface area (Å²) in [5, 5.41) is 0. The molecule has 0 aliphatic rings. The maximum atomic E-state index is 13.5. The van der Waals surface area contributed by atoms with Gasteiger partial charge in [0, 0.05) is 6.07 Å². The number of thiophene rings is 1. The van der Waals surface area contributed by atoms with Crippen molar-refractivity contribution in [2.45, 2.75) is 4.90 Å². The van der Waals surface area contributed by atoms with Crippen LogP contribution < -0.4 is 0 Å². The first-order valence-corrected chi connectivity index (χ1v) is 8.52. The lowest BCUT2D eigenvalue weighted by Crippen LogP contribution is -2.16. The fraction of sp³-hybridized carbons (Fsp3) is 0.0833. The van der Waals surface area contributed by atoms with E-state index in [-0.39, 0.29) is 4.88 Å². The average molecular weight is 381 g/mol. The van der Waals surface area contributed by atoms with Crippen molar-refractivity contribution in [3.8, 4) is 0 Å². The third-order valence-corrected chi connectivity index (χ3v) is 5.71. The molecule has 8 heteroatoms. The normalized spacial score (nSPS) is 11.6. The first kappa shape index (κ1) is 15.3. The van der Waals surface area contributed by atoms with Crippen LogP contribution in [0.25, 0.3) is 0 Å². The third kappa shape index (κ3) is 3.31. The minimum absolute atomic E-state index is 0.253. The fourth-order valence-corrected chi connectivity index (χ4v) is 4.22.